The van der Waals surface area contributed by atoms with Crippen LogP contribution in [0.15, 0.2) is 0 Å². The second kappa shape index (κ2) is 27.0. The van der Waals surface area contributed by atoms with Crippen LogP contribution in [0.4, 0.5) is 0 Å². The van der Waals surface area contributed by atoms with Gasteiger partial charge < -0.3 is 24.1 Å². The van der Waals surface area contributed by atoms with Crippen molar-refractivity contribution in [3.63, 3.8) is 0 Å². The van der Waals surface area contributed by atoms with Gasteiger partial charge in [0, 0.05) is 20.0 Å². The van der Waals surface area contributed by atoms with Crippen molar-refractivity contribution < 1.29 is 43.2 Å². The molecule has 0 aliphatic carbocycles. The molecule has 0 bridgehead atoms. The number of carbonyl (C=O) groups excluding carboxylic acids is 3. The van der Waals surface area contributed by atoms with Gasteiger partial charge in [-0.3, -0.25) is 9.59 Å². The van der Waals surface area contributed by atoms with Crippen LogP contribution < -0.4 is 0 Å². The Morgan fingerprint density at radius 2 is 0.925 bits per heavy atom. The Kier molecular flexibility index (Phi) is 25.6. The molecule has 9 nitrogen and oxygen atoms in total. The van der Waals surface area contributed by atoms with E-state index in [-0.39, 0.29) is 26.1 Å². The normalized spacial score (nSPS) is 12.5. The van der Waals surface area contributed by atoms with Crippen molar-refractivity contribution in [2.75, 3.05) is 20.3 Å². The molecule has 0 unspecified atom stereocenters. The Morgan fingerprint density at radius 3 is 1.30 bits per heavy atom. The largest absolute Gasteiger partial charge is 0.478 e. The summed E-state index contributed by atoms with van der Waals surface area (Å²) in [5, 5.41) is 9.71. The first-order valence-electron chi connectivity index (χ1n) is 15.6. The van der Waals surface area contributed by atoms with Gasteiger partial charge in [0.05, 0.1) is 6.61 Å². The maximum absolute atomic E-state index is 12.6. The molecule has 0 spiro atoms. The molecule has 0 aromatic heterocycles. The van der Waals surface area contributed by atoms with Crippen molar-refractivity contribution in [1.29, 1.82) is 0 Å². The van der Waals surface area contributed by atoms with E-state index < -0.39 is 36.1 Å². The van der Waals surface area contributed by atoms with Gasteiger partial charge in [-0.05, 0) is 12.8 Å². The Balaban J connectivity index is 4.71. The lowest BCUT2D eigenvalue weighted by molar-refractivity contribution is -0.190. The minimum Gasteiger partial charge on any atom is -0.478 e. The second-order valence-electron chi connectivity index (χ2n) is 10.5. The molecular weight excluding hydrogens is 516 g/mol. The molecule has 234 valence electrons. The van der Waals surface area contributed by atoms with Crippen molar-refractivity contribution in [2.24, 2.45) is 0 Å². The fourth-order valence-corrected chi connectivity index (χ4v) is 4.34. The number of carbonyl (C=O) groups is 4. The molecule has 1 N–H and O–H groups in total. The van der Waals surface area contributed by atoms with E-state index in [1.807, 2.05) is 0 Å². The molecule has 9 heteroatoms. The monoisotopic (exact) mass is 572 g/mol. The molecule has 0 aliphatic rings. The first kappa shape index (κ1) is 37.8. The highest BCUT2D eigenvalue weighted by Gasteiger charge is 2.41. The van der Waals surface area contributed by atoms with Gasteiger partial charge in [0.2, 0.25) is 12.2 Å². The summed E-state index contributed by atoms with van der Waals surface area (Å²) in [5.41, 5.74) is 0. The van der Waals surface area contributed by atoms with Gasteiger partial charge in [-0.25, -0.2) is 9.59 Å². The summed E-state index contributed by atoms with van der Waals surface area (Å²) in [6.07, 6.45) is 15.4. The van der Waals surface area contributed by atoms with E-state index in [1.54, 1.807) is 0 Å². The summed E-state index contributed by atoms with van der Waals surface area (Å²) in [6.45, 7) is 4.30. The van der Waals surface area contributed by atoms with Gasteiger partial charge in [0.15, 0.2) is 0 Å². The quantitative estimate of drug-likeness (QED) is 0.0603. The number of hydrogen-bond donors (Lipinski definition) is 1. The Labute approximate surface area is 242 Å². The predicted octanol–water partition coefficient (Wildman–Crippen LogP) is 6.93. The zero-order valence-electron chi connectivity index (χ0n) is 25.4. The number of unbranched alkanes of at least 4 members (excludes halogenated alkanes) is 16. The maximum Gasteiger partial charge on any atom is 0.352 e. The summed E-state index contributed by atoms with van der Waals surface area (Å²) in [4.78, 5) is 49.4. The number of ether oxygens (including phenoxy) is 4. The molecule has 0 aliphatic heterocycles. The van der Waals surface area contributed by atoms with Crippen LogP contribution in [-0.2, 0) is 38.1 Å². The fourth-order valence-electron chi connectivity index (χ4n) is 4.34. The van der Waals surface area contributed by atoms with Gasteiger partial charge >= 0.3 is 23.9 Å². The molecule has 2 atom stereocenters. The fraction of sp³-hybridized carbons (Fsp3) is 0.871. The zero-order chi connectivity index (χ0) is 29.8. The molecule has 0 aromatic carbocycles. The van der Waals surface area contributed by atoms with Crippen molar-refractivity contribution in [2.45, 2.75) is 154 Å². The van der Waals surface area contributed by atoms with E-state index >= 15 is 0 Å². The summed E-state index contributed by atoms with van der Waals surface area (Å²) >= 11 is 0. The maximum atomic E-state index is 12.6. The van der Waals surface area contributed by atoms with Crippen LogP contribution in [0.2, 0.25) is 0 Å². The highest BCUT2D eigenvalue weighted by atomic mass is 16.6. The van der Waals surface area contributed by atoms with Crippen LogP contribution in [0, 0.1) is 0 Å². The van der Waals surface area contributed by atoms with Crippen molar-refractivity contribution in [3.05, 3.63) is 0 Å². The third-order valence-electron chi connectivity index (χ3n) is 6.77. The van der Waals surface area contributed by atoms with Gasteiger partial charge in [0.25, 0.3) is 0 Å². The van der Waals surface area contributed by atoms with Crippen molar-refractivity contribution >= 4 is 23.9 Å². The number of carboxylic acid groups (broad SMARTS) is 1. The van der Waals surface area contributed by atoms with Crippen LogP contribution in [0.5, 0.6) is 0 Å². The number of hydrogen-bond acceptors (Lipinski definition) is 8. The average molecular weight is 573 g/mol. The number of carboxylic acids is 1. The third-order valence-corrected chi connectivity index (χ3v) is 6.77. The molecule has 0 heterocycles. The molecule has 0 saturated carbocycles. The molecular formula is C31H56O9. The summed E-state index contributed by atoms with van der Waals surface area (Å²) in [7, 11) is 1.42. The Bertz CT molecular complexity index is 665. The van der Waals surface area contributed by atoms with Crippen LogP contribution in [0.3, 0.4) is 0 Å². The van der Waals surface area contributed by atoms with E-state index in [1.165, 1.54) is 71.3 Å². The predicted molar refractivity (Wildman–Crippen MR) is 154 cm³/mol. The SMILES string of the molecule is CCCCCCCCCCCC(=O)O[C@H](C(=O)O)[C@H](OC(=O)CCCCCCCCCCC)C(=O)OCCOC. The van der Waals surface area contributed by atoms with Gasteiger partial charge in [-0.15, -0.1) is 0 Å². The van der Waals surface area contributed by atoms with E-state index in [2.05, 4.69) is 13.8 Å². The first-order valence-corrected chi connectivity index (χ1v) is 15.6. The first-order chi connectivity index (χ1) is 19.4. The summed E-state index contributed by atoms with van der Waals surface area (Å²) < 4.78 is 20.2. The molecule has 0 aromatic rings. The lowest BCUT2D eigenvalue weighted by Crippen LogP contribution is -2.46. The topological polar surface area (TPSA) is 125 Å². The average Bonchev–Trinajstić information content (AvgIpc) is 2.93. The number of rotatable bonds is 28. The Hall–Kier alpha value is -2.16. The zero-order valence-corrected chi connectivity index (χ0v) is 25.4. The summed E-state index contributed by atoms with van der Waals surface area (Å²) in [5.74, 6) is -4.14. The van der Waals surface area contributed by atoms with Gasteiger partial charge in [0.1, 0.15) is 6.61 Å². The van der Waals surface area contributed by atoms with Crippen molar-refractivity contribution in [3.8, 4) is 0 Å². The second-order valence-corrected chi connectivity index (χ2v) is 10.5. The van der Waals surface area contributed by atoms with Crippen LogP contribution in [0.1, 0.15) is 142 Å². The molecule has 0 saturated heterocycles. The minimum absolute atomic E-state index is 0.0252. The lowest BCUT2D eigenvalue weighted by Gasteiger charge is -2.23. The van der Waals surface area contributed by atoms with E-state index in [9.17, 15) is 24.3 Å². The Morgan fingerprint density at radius 1 is 0.550 bits per heavy atom. The lowest BCUT2D eigenvalue weighted by atomic mass is 10.1. The number of methoxy groups -OCH3 is 1. The number of aliphatic carboxylic acids is 1. The number of esters is 3. The smallest absolute Gasteiger partial charge is 0.352 e. The molecule has 0 fully saturated rings. The highest BCUT2D eigenvalue weighted by molar-refractivity contribution is 5.88. The van der Waals surface area contributed by atoms with Crippen LogP contribution >= 0.6 is 0 Å². The van der Waals surface area contributed by atoms with E-state index in [4.69, 9.17) is 18.9 Å². The molecule has 0 amide bonds. The van der Waals surface area contributed by atoms with Crippen LogP contribution in [0.25, 0.3) is 0 Å². The van der Waals surface area contributed by atoms with E-state index in [0.29, 0.717) is 12.8 Å². The minimum atomic E-state index is -1.98. The molecule has 40 heavy (non-hydrogen) atoms. The molecule has 0 rings (SSSR count). The van der Waals surface area contributed by atoms with E-state index in [0.717, 1.165) is 38.5 Å². The van der Waals surface area contributed by atoms with Crippen LogP contribution in [-0.4, -0.2) is 61.5 Å². The van der Waals surface area contributed by atoms with Gasteiger partial charge in [-0.1, -0.05) is 117 Å². The third kappa shape index (κ3) is 21.6. The van der Waals surface area contributed by atoms with Gasteiger partial charge in [-0.2, -0.15) is 0 Å². The molecule has 0 radical (unpaired) electrons. The van der Waals surface area contributed by atoms with Crippen molar-refractivity contribution in [1.82, 2.24) is 0 Å². The highest BCUT2D eigenvalue weighted by Crippen LogP contribution is 2.16. The summed E-state index contributed by atoms with van der Waals surface area (Å²) in [6, 6.07) is 0. The standard InChI is InChI=1S/C31H56O9/c1-4-6-8-10-12-14-16-18-20-22-26(32)39-28(30(34)35)29(31(36)38-25-24-37-3)40-27(33)23-21-19-17-15-13-11-9-7-5-2/h28-29H,4-25H2,1-3H3,(H,34,35)/t28-,29-/m0/s1.